The van der Waals surface area contributed by atoms with E-state index in [2.05, 4.69) is 24.8 Å². The predicted molar refractivity (Wildman–Crippen MR) is 59.0 cm³/mol. The number of rotatable bonds is 0. The van der Waals surface area contributed by atoms with Gasteiger partial charge in [-0.2, -0.15) is 0 Å². The van der Waals surface area contributed by atoms with E-state index < -0.39 is 9.76 Å². The molecule has 0 bridgehead atoms. The van der Waals surface area contributed by atoms with Gasteiger partial charge < -0.3 is 15.6 Å². The van der Waals surface area contributed by atoms with Crippen LogP contribution in [0.15, 0.2) is 24.3 Å². The molecule has 6 heteroatoms. The highest BCUT2D eigenvalue weighted by Crippen LogP contribution is 2.24. The van der Waals surface area contributed by atoms with E-state index in [0.717, 1.165) is 5.69 Å². The molecular formula is C9H10Cl3NO2. The van der Waals surface area contributed by atoms with Crippen LogP contribution in [-0.2, 0) is 4.79 Å². The van der Waals surface area contributed by atoms with Crippen LogP contribution in [0.1, 0.15) is 5.56 Å². The van der Waals surface area contributed by atoms with E-state index in [4.69, 9.17) is 34.8 Å². The van der Waals surface area contributed by atoms with Crippen molar-refractivity contribution in [1.82, 2.24) is 0 Å². The highest BCUT2D eigenvalue weighted by Gasteiger charge is 2.20. The molecule has 3 N–H and O–H groups in total. The van der Waals surface area contributed by atoms with E-state index in [1.807, 2.05) is 12.1 Å². The summed E-state index contributed by atoms with van der Waals surface area (Å²) in [6.45, 7) is 2.07. The first kappa shape index (κ1) is 14.5. The molecule has 0 fully saturated rings. The van der Waals surface area contributed by atoms with Gasteiger partial charge >= 0.3 is 0 Å². The van der Waals surface area contributed by atoms with Crippen molar-refractivity contribution in [1.29, 1.82) is 0 Å². The number of carbonyl (C=O) groups is 1. The highest BCUT2D eigenvalue weighted by atomic mass is 35.6. The summed E-state index contributed by atoms with van der Waals surface area (Å²) in [5.74, 6) is -1.71. The molecule has 0 amide bonds. The van der Waals surface area contributed by atoms with Crippen molar-refractivity contribution in [3.8, 4) is 0 Å². The third kappa shape index (κ3) is 7.45. The summed E-state index contributed by atoms with van der Waals surface area (Å²) in [6, 6.07) is 8.13. The van der Waals surface area contributed by atoms with Crippen LogP contribution in [0.5, 0.6) is 0 Å². The molecule has 84 valence electrons. The average Bonchev–Trinajstić information content (AvgIpc) is 2.09. The maximum Gasteiger partial charge on any atom is 0.230 e. The third-order valence-corrected chi connectivity index (χ3v) is 1.81. The fourth-order valence-corrected chi connectivity index (χ4v) is 0.588. The Labute approximate surface area is 103 Å². The van der Waals surface area contributed by atoms with Gasteiger partial charge in [-0.3, -0.25) is 0 Å². The van der Waals surface area contributed by atoms with Gasteiger partial charge in [0, 0.05) is 0 Å². The molecule has 0 saturated carbocycles. The standard InChI is InChI=1S/C7H9N.C2HCl3O2/c1-6-2-4-7(8)5-3-6;3-2(4,5)1(6)7/h2-5H,8H2,1H3;(H,6,7). The van der Waals surface area contributed by atoms with Gasteiger partial charge in [0.15, 0.2) is 0 Å². The second kappa shape index (κ2) is 6.18. The van der Waals surface area contributed by atoms with Crippen LogP contribution in [0.4, 0.5) is 5.69 Å². The lowest BCUT2D eigenvalue weighted by atomic mass is 10.2. The average molecular weight is 271 g/mol. The zero-order valence-corrected chi connectivity index (χ0v) is 10.2. The summed E-state index contributed by atoms with van der Waals surface area (Å²) in [5.41, 5.74) is 6.13. The normalized spacial score (nSPS) is 10.2. The molecule has 0 atom stereocenters. The highest BCUT2D eigenvalue weighted by molar-refractivity contribution is 6.75. The van der Waals surface area contributed by atoms with Crippen molar-refractivity contribution in [2.24, 2.45) is 0 Å². The van der Waals surface area contributed by atoms with E-state index in [1.54, 1.807) is 0 Å². The molecule has 3 nitrogen and oxygen atoms in total. The summed E-state index contributed by atoms with van der Waals surface area (Å²) in [4.78, 5) is 9.51. The number of alkyl halides is 3. The molecule has 0 radical (unpaired) electrons. The first-order valence-corrected chi connectivity index (χ1v) is 5.03. The number of halogens is 3. The van der Waals surface area contributed by atoms with Crippen molar-refractivity contribution >= 4 is 46.5 Å². The minimum absolute atomic E-state index is 1.08. The lowest BCUT2D eigenvalue weighted by molar-refractivity contribution is -0.304. The minimum Gasteiger partial charge on any atom is -0.545 e. The lowest BCUT2D eigenvalue weighted by Crippen LogP contribution is -2.39. The van der Waals surface area contributed by atoms with E-state index >= 15 is 0 Å². The van der Waals surface area contributed by atoms with Gasteiger partial charge in [0.05, 0.1) is 5.97 Å². The van der Waals surface area contributed by atoms with Crippen LogP contribution in [0.3, 0.4) is 0 Å². The van der Waals surface area contributed by atoms with Crippen LogP contribution in [-0.4, -0.2) is 9.76 Å². The lowest BCUT2D eigenvalue weighted by Gasteiger charge is -2.09. The van der Waals surface area contributed by atoms with Gasteiger partial charge in [-0.05, 0) is 19.1 Å². The van der Waals surface area contributed by atoms with Crippen molar-refractivity contribution in [3.05, 3.63) is 29.8 Å². The van der Waals surface area contributed by atoms with Gasteiger partial charge in [0.2, 0.25) is 3.79 Å². The molecule has 1 rings (SSSR count). The van der Waals surface area contributed by atoms with Crippen LogP contribution < -0.4 is 10.8 Å². The predicted octanol–water partition coefficient (Wildman–Crippen LogP) is 0.975. The molecule has 0 spiro atoms. The Kier molecular flexibility index (Phi) is 5.98. The smallest absolute Gasteiger partial charge is 0.230 e. The molecule has 15 heavy (non-hydrogen) atoms. The first-order valence-electron chi connectivity index (χ1n) is 3.90. The maximum absolute atomic E-state index is 9.51. The zero-order chi connectivity index (χ0) is 12.1. The maximum atomic E-state index is 9.51. The molecule has 0 aromatic heterocycles. The molecule has 0 aliphatic carbocycles. The van der Waals surface area contributed by atoms with Gasteiger partial charge in [-0.1, -0.05) is 52.5 Å². The molecule has 0 aliphatic rings. The van der Waals surface area contributed by atoms with E-state index in [9.17, 15) is 9.90 Å². The molecule has 0 heterocycles. The second-order valence-electron chi connectivity index (χ2n) is 2.77. The number of quaternary nitrogens is 1. The minimum atomic E-state index is -2.28. The number of carboxylic acids is 1. The number of hydrogen-bond donors (Lipinski definition) is 1. The quantitative estimate of drug-likeness (QED) is 0.714. The first-order chi connectivity index (χ1) is 6.73. The number of carbonyl (C=O) groups excluding carboxylic acids is 1. The number of aliphatic carboxylic acids is 1. The zero-order valence-electron chi connectivity index (χ0n) is 7.97. The van der Waals surface area contributed by atoms with E-state index in [-0.39, 0.29) is 0 Å². The number of hydrogen-bond acceptors (Lipinski definition) is 2. The van der Waals surface area contributed by atoms with Gasteiger partial charge in [-0.15, -0.1) is 0 Å². The fourth-order valence-electron chi connectivity index (χ4n) is 0.588. The Morgan fingerprint density at radius 1 is 1.27 bits per heavy atom. The molecule has 0 unspecified atom stereocenters. The van der Waals surface area contributed by atoms with Crippen molar-refractivity contribution < 1.29 is 15.6 Å². The molecule has 0 saturated heterocycles. The summed E-state index contributed by atoms with van der Waals surface area (Å²) < 4.78 is -2.28. The van der Waals surface area contributed by atoms with Crippen molar-refractivity contribution in [2.75, 3.05) is 0 Å². The molecule has 1 aromatic rings. The third-order valence-electron chi connectivity index (χ3n) is 1.35. The number of benzene rings is 1. The summed E-state index contributed by atoms with van der Waals surface area (Å²) in [6.07, 6.45) is 0. The van der Waals surface area contributed by atoms with Crippen molar-refractivity contribution in [3.63, 3.8) is 0 Å². The molecular weight excluding hydrogens is 260 g/mol. The Balaban J connectivity index is 0.000000265. The SMILES string of the molecule is Cc1ccc([NH3+])cc1.O=C([O-])C(Cl)(Cl)Cl. The Morgan fingerprint density at radius 3 is 1.80 bits per heavy atom. The van der Waals surface area contributed by atoms with Crippen LogP contribution in [0.25, 0.3) is 0 Å². The molecule has 1 aromatic carbocycles. The number of carboxylic acid groups (broad SMARTS) is 1. The number of aryl methyl sites for hydroxylation is 1. The van der Waals surface area contributed by atoms with Gasteiger partial charge in [0.25, 0.3) is 0 Å². The van der Waals surface area contributed by atoms with Crippen LogP contribution in [0, 0.1) is 6.92 Å². The topological polar surface area (TPSA) is 67.8 Å². The Bertz CT molecular complexity index is 298. The van der Waals surface area contributed by atoms with E-state index in [0.29, 0.717) is 0 Å². The summed E-state index contributed by atoms with van der Waals surface area (Å²) in [5, 5.41) is 9.51. The Hall–Kier alpha value is -0.480. The van der Waals surface area contributed by atoms with Crippen LogP contribution >= 0.6 is 34.8 Å². The summed E-state index contributed by atoms with van der Waals surface area (Å²) in [7, 11) is 0. The van der Waals surface area contributed by atoms with E-state index in [1.165, 1.54) is 5.56 Å². The molecule has 0 aliphatic heterocycles. The van der Waals surface area contributed by atoms with Crippen LogP contribution in [0.2, 0.25) is 0 Å². The largest absolute Gasteiger partial charge is 0.545 e. The second-order valence-corrected chi connectivity index (χ2v) is 5.05. The van der Waals surface area contributed by atoms with Crippen molar-refractivity contribution in [2.45, 2.75) is 10.7 Å². The monoisotopic (exact) mass is 269 g/mol. The fraction of sp³-hybridized carbons (Fsp3) is 0.222. The summed E-state index contributed by atoms with van der Waals surface area (Å²) >= 11 is 14.2. The Morgan fingerprint density at radius 2 is 1.60 bits per heavy atom. The van der Waals surface area contributed by atoms with Gasteiger partial charge in [-0.25, -0.2) is 0 Å². The van der Waals surface area contributed by atoms with Gasteiger partial charge in [0.1, 0.15) is 5.69 Å².